The highest BCUT2D eigenvalue weighted by atomic mass is 19.1. The van der Waals surface area contributed by atoms with Crippen LogP contribution in [0.2, 0.25) is 0 Å². The molecule has 4 nitrogen and oxygen atoms in total. The number of carbonyl (C=O) groups is 1. The summed E-state index contributed by atoms with van der Waals surface area (Å²) >= 11 is 0. The lowest BCUT2D eigenvalue weighted by Crippen LogP contribution is -2.34. The molecule has 0 bridgehead atoms. The molecule has 2 aromatic rings. The Balaban J connectivity index is 1.77. The van der Waals surface area contributed by atoms with Crippen LogP contribution < -0.4 is 10.2 Å². The summed E-state index contributed by atoms with van der Waals surface area (Å²) in [5.41, 5.74) is 3.19. The first-order valence-corrected chi connectivity index (χ1v) is 7.90. The number of hydrogen-bond donors (Lipinski definition) is 1. The summed E-state index contributed by atoms with van der Waals surface area (Å²) in [6.45, 7) is 1.43. The average Bonchev–Trinajstić information content (AvgIpc) is 2.54. The number of anilines is 1. The number of hydrogen-bond acceptors (Lipinski definition) is 3. The third-order valence-corrected chi connectivity index (χ3v) is 3.72. The summed E-state index contributed by atoms with van der Waals surface area (Å²) in [5, 5.41) is 2.85. The van der Waals surface area contributed by atoms with Gasteiger partial charge in [-0.15, -0.1) is 0 Å². The second-order valence-electron chi connectivity index (χ2n) is 6.14. The summed E-state index contributed by atoms with van der Waals surface area (Å²) in [6, 6.07) is 14.4. The van der Waals surface area contributed by atoms with Crippen molar-refractivity contribution in [3.05, 3.63) is 65.5 Å². The van der Waals surface area contributed by atoms with Crippen LogP contribution in [0.5, 0.6) is 0 Å². The van der Waals surface area contributed by atoms with Crippen LogP contribution >= 0.6 is 0 Å². The van der Waals surface area contributed by atoms with Crippen molar-refractivity contribution in [2.45, 2.75) is 13.1 Å². The molecule has 0 aliphatic rings. The van der Waals surface area contributed by atoms with Gasteiger partial charge >= 0.3 is 0 Å². The highest BCUT2D eigenvalue weighted by Gasteiger charge is 2.07. The average molecular weight is 329 g/mol. The zero-order chi connectivity index (χ0) is 17.5. The van der Waals surface area contributed by atoms with Gasteiger partial charge in [-0.05, 0) is 42.4 Å². The van der Waals surface area contributed by atoms with E-state index in [-0.39, 0.29) is 11.7 Å². The van der Waals surface area contributed by atoms with E-state index >= 15 is 0 Å². The van der Waals surface area contributed by atoms with Crippen LogP contribution in [0.3, 0.4) is 0 Å². The fraction of sp³-hybridized carbons (Fsp3) is 0.316. The van der Waals surface area contributed by atoms with Crippen molar-refractivity contribution in [3.63, 3.8) is 0 Å². The Morgan fingerprint density at radius 2 is 1.54 bits per heavy atom. The van der Waals surface area contributed by atoms with Gasteiger partial charge in [-0.25, -0.2) is 4.39 Å². The first kappa shape index (κ1) is 17.9. The topological polar surface area (TPSA) is 35.6 Å². The quantitative estimate of drug-likeness (QED) is 0.848. The summed E-state index contributed by atoms with van der Waals surface area (Å²) in [4.78, 5) is 16.0. The van der Waals surface area contributed by atoms with Gasteiger partial charge in [0.15, 0.2) is 0 Å². The van der Waals surface area contributed by atoms with Gasteiger partial charge < -0.3 is 10.2 Å². The SMILES string of the molecule is CN(CC(=O)NCc1ccc(F)cc1)Cc1ccc(N(C)C)cc1. The van der Waals surface area contributed by atoms with E-state index in [9.17, 15) is 9.18 Å². The van der Waals surface area contributed by atoms with E-state index in [2.05, 4.69) is 34.5 Å². The lowest BCUT2D eigenvalue weighted by molar-refractivity contribution is -0.122. The molecule has 0 unspecified atom stereocenters. The second-order valence-corrected chi connectivity index (χ2v) is 6.14. The van der Waals surface area contributed by atoms with E-state index in [1.54, 1.807) is 12.1 Å². The van der Waals surface area contributed by atoms with E-state index in [4.69, 9.17) is 0 Å². The van der Waals surface area contributed by atoms with Gasteiger partial charge in [0.25, 0.3) is 0 Å². The standard InChI is InChI=1S/C19H24FN3O/c1-22(2)18-10-6-16(7-11-18)13-23(3)14-19(24)21-12-15-4-8-17(20)9-5-15/h4-11H,12-14H2,1-3H3,(H,21,24). The molecule has 24 heavy (non-hydrogen) atoms. The predicted molar refractivity (Wildman–Crippen MR) is 95.3 cm³/mol. The van der Waals surface area contributed by atoms with Gasteiger partial charge in [0.1, 0.15) is 5.82 Å². The maximum Gasteiger partial charge on any atom is 0.234 e. The van der Waals surface area contributed by atoms with Crippen LogP contribution in [0.1, 0.15) is 11.1 Å². The molecule has 2 rings (SSSR count). The number of rotatable bonds is 7. The van der Waals surface area contributed by atoms with Crippen LogP contribution in [0, 0.1) is 5.82 Å². The Morgan fingerprint density at radius 1 is 0.958 bits per heavy atom. The number of benzene rings is 2. The van der Waals surface area contributed by atoms with Crippen LogP contribution in [-0.4, -0.2) is 38.5 Å². The lowest BCUT2D eigenvalue weighted by atomic mass is 10.2. The molecular formula is C19H24FN3O. The van der Waals surface area contributed by atoms with Gasteiger partial charge in [-0.3, -0.25) is 9.69 Å². The van der Waals surface area contributed by atoms with Gasteiger partial charge in [-0.2, -0.15) is 0 Å². The summed E-state index contributed by atoms with van der Waals surface area (Å²) < 4.78 is 12.8. The van der Waals surface area contributed by atoms with Gasteiger partial charge in [-0.1, -0.05) is 24.3 Å². The zero-order valence-electron chi connectivity index (χ0n) is 14.4. The van der Waals surface area contributed by atoms with Crippen molar-refractivity contribution in [2.24, 2.45) is 0 Å². The van der Waals surface area contributed by atoms with Crippen molar-refractivity contribution in [1.29, 1.82) is 0 Å². The molecule has 0 fully saturated rings. The van der Waals surface area contributed by atoms with Gasteiger partial charge in [0, 0.05) is 32.9 Å². The Labute approximate surface area is 142 Å². The molecule has 0 aromatic heterocycles. The molecule has 0 atom stereocenters. The number of nitrogens with one attached hydrogen (secondary N) is 1. The molecule has 0 saturated heterocycles. The van der Waals surface area contributed by atoms with Crippen LogP contribution in [0.15, 0.2) is 48.5 Å². The van der Waals surface area contributed by atoms with E-state index in [1.807, 2.05) is 26.0 Å². The van der Waals surface area contributed by atoms with Crippen molar-refractivity contribution >= 4 is 11.6 Å². The summed E-state index contributed by atoms with van der Waals surface area (Å²) in [7, 11) is 5.93. The zero-order valence-corrected chi connectivity index (χ0v) is 14.4. The van der Waals surface area contributed by atoms with E-state index < -0.39 is 0 Å². The maximum absolute atomic E-state index is 12.8. The molecule has 0 aliphatic carbocycles. The van der Waals surface area contributed by atoms with Crippen LogP contribution in [-0.2, 0) is 17.9 Å². The Morgan fingerprint density at radius 3 is 2.12 bits per heavy atom. The summed E-state index contributed by atoms with van der Waals surface area (Å²) in [6.07, 6.45) is 0. The van der Waals surface area contributed by atoms with E-state index in [0.717, 1.165) is 16.8 Å². The largest absolute Gasteiger partial charge is 0.378 e. The van der Waals surface area contributed by atoms with Crippen LogP contribution in [0.25, 0.3) is 0 Å². The smallest absolute Gasteiger partial charge is 0.234 e. The molecule has 5 heteroatoms. The second kappa shape index (κ2) is 8.45. The minimum Gasteiger partial charge on any atom is -0.378 e. The van der Waals surface area contributed by atoms with Crippen molar-refractivity contribution in [3.8, 4) is 0 Å². The first-order chi connectivity index (χ1) is 11.4. The van der Waals surface area contributed by atoms with Crippen molar-refractivity contribution < 1.29 is 9.18 Å². The molecule has 0 spiro atoms. The number of carbonyl (C=O) groups excluding carboxylic acids is 1. The van der Waals surface area contributed by atoms with Crippen LogP contribution in [0.4, 0.5) is 10.1 Å². The number of likely N-dealkylation sites (N-methyl/N-ethyl adjacent to an activating group) is 1. The van der Waals surface area contributed by atoms with Gasteiger partial charge in [0.05, 0.1) is 6.54 Å². The molecular weight excluding hydrogens is 305 g/mol. The maximum atomic E-state index is 12.8. The molecule has 1 N–H and O–H groups in total. The molecule has 0 aliphatic heterocycles. The predicted octanol–water partition coefficient (Wildman–Crippen LogP) is 2.64. The molecule has 128 valence electrons. The number of amides is 1. The summed E-state index contributed by atoms with van der Waals surface area (Å²) in [5.74, 6) is -0.322. The third kappa shape index (κ3) is 5.66. The highest BCUT2D eigenvalue weighted by Crippen LogP contribution is 2.13. The Kier molecular flexibility index (Phi) is 6.32. The fourth-order valence-electron chi connectivity index (χ4n) is 2.37. The first-order valence-electron chi connectivity index (χ1n) is 7.90. The molecule has 1 amide bonds. The normalized spacial score (nSPS) is 10.7. The minimum atomic E-state index is -0.273. The molecule has 2 aromatic carbocycles. The monoisotopic (exact) mass is 329 g/mol. The van der Waals surface area contributed by atoms with E-state index in [1.165, 1.54) is 12.1 Å². The molecule has 0 saturated carbocycles. The fourth-order valence-corrected chi connectivity index (χ4v) is 2.37. The van der Waals surface area contributed by atoms with E-state index in [0.29, 0.717) is 19.6 Å². The molecule has 0 heterocycles. The highest BCUT2D eigenvalue weighted by molar-refractivity contribution is 5.77. The Bertz CT molecular complexity index is 653. The number of halogens is 1. The Hall–Kier alpha value is -2.40. The van der Waals surface area contributed by atoms with Crippen molar-refractivity contribution in [2.75, 3.05) is 32.6 Å². The third-order valence-electron chi connectivity index (χ3n) is 3.72. The lowest BCUT2D eigenvalue weighted by Gasteiger charge is -2.18. The van der Waals surface area contributed by atoms with Gasteiger partial charge in [0.2, 0.25) is 5.91 Å². The minimum absolute atomic E-state index is 0.0493. The van der Waals surface area contributed by atoms with Crippen molar-refractivity contribution in [1.82, 2.24) is 10.2 Å². The molecule has 0 radical (unpaired) electrons. The number of nitrogens with zero attached hydrogens (tertiary/aromatic N) is 2.